The number of imide groups is 1. The molecule has 2 aromatic carbocycles. The monoisotopic (exact) mass is 406 g/mol. The van der Waals surface area contributed by atoms with Crippen molar-refractivity contribution in [3.63, 3.8) is 0 Å². The van der Waals surface area contributed by atoms with Crippen LogP contribution >= 0.6 is 0 Å². The molecule has 1 saturated heterocycles. The van der Waals surface area contributed by atoms with Crippen LogP contribution < -0.4 is 16.0 Å². The highest BCUT2D eigenvalue weighted by Crippen LogP contribution is 2.28. The quantitative estimate of drug-likeness (QED) is 0.651. The molecule has 2 heterocycles. The van der Waals surface area contributed by atoms with E-state index >= 15 is 0 Å². The highest BCUT2D eigenvalue weighted by atomic mass is 16.2. The second kappa shape index (κ2) is 7.98. The average molecular weight is 406 g/mol. The highest BCUT2D eigenvalue weighted by molar-refractivity contribution is 6.06. The van der Waals surface area contributed by atoms with Gasteiger partial charge in [0.1, 0.15) is 6.04 Å². The Labute approximate surface area is 173 Å². The third-order valence-electron chi connectivity index (χ3n) is 5.49. The van der Waals surface area contributed by atoms with Crippen molar-refractivity contribution >= 4 is 29.3 Å². The van der Waals surface area contributed by atoms with Gasteiger partial charge < -0.3 is 15.5 Å². The van der Waals surface area contributed by atoms with Crippen LogP contribution in [0, 0.1) is 0 Å². The van der Waals surface area contributed by atoms with Crippen LogP contribution in [-0.4, -0.2) is 41.6 Å². The van der Waals surface area contributed by atoms with E-state index in [1.54, 1.807) is 18.2 Å². The molecule has 30 heavy (non-hydrogen) atoms. The average Bonchev–Trinajstić information content (AvgIpc) is 3.08. The summed E-state index contributed by atoms with van der Waals surface area (Å²) >= 11 is 0. The van der Waals surface area contributed by atoms with Gasteiger partial charge in [-0.2, -0.15) is 0 Å². The van der Waals surface area contributed by atoms with Gasteiger partial charge >= 0.3 is 0 Å². The Hall–Kier alpha value is -3.68. The number of anilines is 1. The lowest BCUT2D eigenvalue weighted by atomic mass is 10.0. The Bertz CT molecular complexity index is 1030. The van der Waals surface area contributed by atoms with Crippen LogP contribution in [-0.2, 0) is 22.7 Å². The number of benzene rings is 2. The fourth-order valence-electron chi connectivity index (χ4n) is 3.77. The van der Waals surface area contributed by atoms with E-state index in [1.807, 2.05) is 31.3 Å². The van der Waals surface area contributed by atoms with Crippen molar-refractivity contribution in [3.05, 3.63) is 64.7 Å². The van der Waals surface area contributed by atoms with Crippen LogP contribution in [0.4, 0.5) is 5.69 Å². The van der Waals surface area contributed by atoms with Crippen LogP contribution in [0.5, 0.6) is 0 Å². The summed E-state index contributed by atoms with van der Waals surface area (Å²) in [6, 6.07) is 12.0. The van der Waals surface area contributed by atoms with E-state index in [2.05, 4.69) is 16.0 Å². The van der Waals surface area contributed by atoms with Gasteiger partial charge in [0.25, 0.3) is 11.8 Å². The number of rotatable bonds is 5. The van der Waals surface area contributed by atoms with Gasteiger partial charge in [-0.3, -0.25) is 24.5 Å². The SMILES string of the molecule is CNc1ccc(CNC(=O)c2ccc3c(c2)C(=O)N(C2CCC(=O)NC2=O)C3)cc1. The Morgan fingerprint density at radius 3 is 2.60 bits per heavy atom. The Morgan fingerprint density at radius 1 is 1.13 bits per heavy atom. The normalized spacial score (nSPS) is 18.1. The third kappa shape index (κ3) is 3.76. The summed E-state index contributed by atoms with van der Waals surface area (Å²) in [5.74, 6) is -1.34. The number of hydrogen-bond acceptors (Lipinski definition) is 5. The fraction of sp³-hybridized carbons (Fsp3) is 0.273. The van der Waals surface area contributed by atoms with Crippen molar-refractivity contribution in [3.8, 4) is 0 Å². The molecule has 8 nitrogen and oxygen atoms in total. The molecule has 1 atom stereocenters. The van der Waals surface area contributed by atoms with Gasteiger partial charge in [0.15, 0.2) is 0 Å². The molecule has 0 saturated carbocycles. The van der Waals surface area contributed by atoms with Crippen molar-refractivity contribution in [1.82, 2.24) is 15.5 Å². The molecule has 1 fully saturated rings. The Balaban J connectivity index is 1.44. The number of piperidine rings is 1. The van der Waals surface area contributed by atoms with Gasteiger partial charge in [0, 0.05) is 43.4 Å². The molecule has 3 N–H and O–H groups in total. The summed E-state index contributed by atoms with van der Waals surface area (Å²) in [4.78, 5) is 50.4. The first kappa shape index (κ1) is 19.6. The molecular formula is C22H22N4O4. The molecule has 2 aliphatic rings. The molecule has 2 aliphatic heterocycles. The maximum Gasteiger partial charge on any atom is 0.255 e. The minimum absolute atomic E-state index is 0.208. The topological polar surface area (TPSA) is 108 Å². The molecule has 8 heteroatoms. The third-order valence-corrected chi connectivity index (χ3v) is 5.49. The van der Waals surface area contributed by atoms with Crippen LogP contribution in [0.25, 0.3) is 0 Å². The summed E-state index contributed by atoms with van der Waals surface area (Å²) in [6.45, 7) is 0.663. The summed E-state index contributed by atoms with van der Waals surface area (Å²) in [6.07, 6.45) is 0.517. The number of carbonyl (C=O) groups is 4. The van der Waals surface area contributed by atoms with Gasteiger partial charge in [0.05, 0.1) is 0 Å². The number of nitrogens with one attached hydrogen (secondary N) is 3. The lowest BCUT2D eigenvalue weighted by Crippen LogP contribution is -2.52. The molecule has 0 bridgehead atoms. The molecule has 0 aromatic heterocycles. The summed E-state index contributed by atoms with van der Waals surface area (Å²) in [5, 5.41) is 8.18. The largest absolute Gasteiger partial charge is 0.388 e. The van der Waals surface area contributed by atoms with E-state index in [9.17, 15) is 19.2 Å². The summed E-state index contributed by atoms with van der Waals surface area (Å²) < 4.78 is 0. The van der Waals surface area contributed by atoms with E-state index < -0.39 is 11.9 Å². The first-order valence-electron chi connectivity index (χ1n) is 9.79. The van der Waals surface area contributed by atoms with Crippen LogP contribution in [0.3, 0.4) is 0 Å². The maximum absolute atomic E-state index is 12.9. The van der Waals surface area contributed by atoms with Crippen molar-refractivity contribution in [1.29, 1.82) is 0 Å². The lowest BCUT2D eigenvalue weighted by molar-refractivity contribution is -0.136. The predicted octanol–water partition coefficient (Wildman–Crippen LogP) is 1.42. The van der Waals surface area contributed by atoms with Crippen molar-refractivity contribution in [2.45, 2.75) is 32.0 Å². The van der Waals surface area contributed by atoms with Crippen molar-refractivity contribution < 1.29 is 19.2 Å². The van der Waals surface area contributed by atoms with E-state index in [0.717, 1.165) is 16.8 Å². The van der Waals surface area contributed by atoms with Crippen LogP contribution in [0.2, 0.25) is 0 Å². The zero-order valence-electron chi connectivity index (χ0n) is 16.5. The standard InChI is InChI=1S/C22H22N4O4/c1-23-16-6-2-13(3-7-16)11-24-20(28)14-4-5-15-12-26(22(30)17(15)10-14)18-8-9-19(27)25-21(18)29/h2-7,10,18,23H,8-9,11-12H2,1H3,(H,24,28)(H,25,27,29). The fourth-order valence-corrected chi connectivity index (χ4v) is 3.77. The molecule has 2 aromatic rings. The molecule has 4 rings (SSSR count). The zero-order valence-corrected chi connectivity index (χ0v) is 16.5. The predicted molar refractivity (Wildman–Crippen MR) is 110 cm³/mol. The Morgan fingerprint density at radius 2 is 1.90 bits per heavy atom. The van der Waals surface area contributed by atoms with E-state index in [4.69, 9.17) is 0 Å². The van der Waals surface area contributed by atoms with Gasteiger partial charge in [0.2, 0.25) is 11.8 Å². The molecule has 0 aliphatic carbocycles. The van der Waals surface area contributed by atoms with Gasteiger partial charge in [-0.15, -0.1) is 0 Å². The first-order valence-corrected chi connectivity index (χ1v) is 9.79. The number of carbonyl (C=O) groups excluding carboxylic acids is 4. The zero-order chi connectivity index (χ0) is 21.3. The van der Waals surface area contributed by atoms with Crippen molar-refractivity contribution in [2.24, 2.45) is 0 Å². The second-order valence-electron chi connectivity index (χ2n) is 7.40. The smallest absolute Gasteiger partial charge is 0.255 e. The first-order chi connectivity index (χ1) is 14.5. The number of hydrogen-bond donors (Lipinski definition) is 3. The van der Waals surface area contributed by atoms with Crippen LogP contribution in [0.1, 0.15) is 44.7 Å². The molecule has 4 amide bonds. The minimum atomic E-state index is -0.666. The summed E-state index contributed by atoms with van der Waals surface area (Å²) in [5.41, 5.74) is 3.53. The van der Waals surface area contributed by atoms with E-state index in [0.29, 0.717) is 30.6 Å². The van der Waals surface area contributed by atoms with Crippen molar-refractivity contribution in [2.75, 3.05) is 12.4 Å². The molecule has 1 unspecified atom stereocenters. The summed E-state index contributed by atoms with van der Waals surface area (Å²) in [7, 11) is 1.84. The number of fused-ring (bicyclic) bond motifs is 1. The van der Waals surface area contributed by atoms with Gasteiger partial charge in [-0.05, 0) is 41.8 Å². The molecule has 154 valence electrons. The maximum atomic E-state index is 12.9. The molecular weight excluding hydrogens is 384 g/mol. The lowest BCUT2D eigenvalue weighted by Gasteiger charge is -2.29. The molecule has 0 radical (unpaired) electrons. The number of nitrogens with zero attached hydrogens (tertiary/aromatic N) is 1. The Kier molecular flexibility index (Phi) is 5.22. The molecule has 0 spiro atoms. The van der Waals surface area contributed by atoms with Gasteiger partial charge in [-0.1, -0.05) is 18.2 Å². The highest BCUT2D eigenvalue weighted by Gasteiger charge is 2.39. The van der Waals surface area contributed by atoms with E-state index in [1.165, 1.54) is 4.90 Å². The minimum Gasteiger partial charge on any atom is -0.388 e. The second-order valence-corrected chi connectivity index (χ2v) is 7.40. The number of amides is 4. The van der Waals surface area contributed by atoms with Gasteiger partial charge in [-0.25, -0.2) is 0 Å². The van der Waals surface area contributed by atoms with Crippen LogP contribution in [0.15, 0.2) is 42.5 Å². The van der Waals surface area contributed by atoms with E-state index in [-0.39, 0.29) is 24.1 Å².